The Labute approximate surface area is 110 Å². The average molecular weight is 263 g/mol. The van der Waals surface area contributed by atoms with Crippen molar-refractivity contribution in [2.24, 2.45) is 0 Å². The molecule has 0 spiro atoms. The van der Waals surface area contributed by atoms with Crippen molar-refractivity contribution >= 4 is 17.6 Å². The highest BCUT2D eigenvalue weighted by Crippen LogP contribution is 2.34. The highest BCUT2D eigenvalue weighted by atomic mass is 32.2. The standard InChI is InChI=1S/C13H14FN3S/c1-8(2)11-12(15)16-7-17-13(11)18-10-5-3-4-9(14)6-10/h3-8H,1-2H3,(H2,15,16,17). The quantitative estimate of drug-likeness (QED) is 0.861. The molecule has 0 aliphatic rings. The molecule has 5 heteroatoms. The van der Waals surface area contributed by atoms with Gasteiger partial charge in [-0.3, -0.25) is 0 Å². The van der Waals surface area contributed by atoms with Crippen molar-refractivity contribution in [2.45, 2.75) is 29.7 Å². The van der Waals surface area contributed by atoms with Crippen LogP contribution < -0.4 is 5.73 Å². The van der Waals surface area contributed by atoms with Crippen LogP contribution in [0.5, 0.6) is 0 Å². The zero-order valence-corrected chi connectivity index (χ0v) is 11.0. The molecule has 1 aromatic carbocycles. The van der Waals surface area contributed by atoms with E-state index in [4.69, 9.17) is 5.73 Å². The number of hydrogen-bond donors (Lipinski definition) is 1. The Balaban J connectivity index is 2.37. The van der Waals surface area contributed by atoms with E-state index in [2.05, 4.69) is 9.97 Å². The number of nitrogen functional groups attached to an aromatic ring is 1. The van der Waals surface area contributed by atoms with Crippen LogP contribution in [0.3, 0.4) is 0 Å². The summed E-state index contributed by atoms with van der Waals surface area (Å²) in [5.41, 5.74) is 6.78. The number of halogens is 1. The molecular formula is C13H14FN3S. The molecule has 0 bridgehead atoms. The number of hydrogen-bond acceptors (Lipinski definition) is 4. The van der Waals surface area contributed by atoms with Gasteiger partial charge in [0.15, 0.2) is 0 Å². The third kappa shape index (κ3) is 2.79. The van der Waals surface area contributed by atoms with Crippen LogP contribution in [-0.4, -0.2) is 9.97 Å². The number of anilines is 1. The Kier molecular flexibility index (Phi) is 3.81. The minimum Gasteiger partial charge on any atom is -0.383 e. The largest absolute Gasteiger partial charge is 0.383 e. The second-order valence-electron chi connectivity index (χ2n) is 4.19. The Hall–Kier alpha value is -1.62. The normalized spacial score (nSPS) is 10.9. The highest BCUT2D eigenvalue weighted by molar-refractivity contribution is 7.99. The van der Waals surface area contributed by atoms with Crippen molar-refractivity contribution < 1.29 is 4.39 Å². The number of nitrogens with two attached hydrogens (primary N) is 1. The van der Waals surface area contributed by atoms with Crippen molar-refractivity contribution in [3.8, 4) is 0 Å². The van der Waals surface area contributed by atoms with Gasteiger partial charge in [0, 0.05) is 10.5 Å². The molecule has 18 heavy (non-hydrogen) atoms. The Bertz CT molecular complexity index is 558. The predicted octanol–water partition coefficient (Wildman–Crippen LogP) is 3.47. The maximum absolute atomic E-state index is 13.1. The van der Waals surface area contributed by atoms with Crippen LogP contribution in [0.1, 0.15) is 25.3 Å². The summed E-state index contributed by atoms with van der Waals surface area (Å²) in [6, 6.07) is 6.42. The fourth-order valence-electron chi connectivity index (χ4n) is 1.66. The van der Waals surface area contributed by atoms with Gasteiger partial charge in [-0.15, -0.1) is 0 Å². The van der Waals surface area contributed by atoms with Gasteiger partial charge in [-0.2, -0.15) is 0 Å². The molecule has 0 saturated heterocycles. The molecule has 0 atom stereocenters. The lowest BCUT2D eigenvalue weighted by Crippen LogP contribution is -2.03. The van der Waals surface area contributed by atoms with Crippen LogP contribution in [0, 0.1) is 5.82 Å². The molecule has 0 fully saturated rings. The number of rotatable bonds is 3. The first-order valence-corrected chi connectivity index (χ1v) is 6.43. The van der Waals surface area contributed by atoms with E-state index in [1.165, 1.54) is 30.2 Å². The van der Waals surface area contributed by atoms with E-state index in [0.29, 0.717) is 5.82 Å². The molecule has 3 nitrogen and oxygen atoms in total. The fraction of sp³-hybridized carbons (Fsp3) is 0.231. The molecular weight excluding hydrogens is 249 g/mol. The maximum atomic E-state index is 13.1. The van der Waals surface area contributed by atoms with Gasteiger partial charge in [0.05, 0.1) is 0 Å². The summed E-state index contributed by atoms with van der Waals surface area (Å²) in [6.07, 6.45) is 1.43. The monoisotopic (exact) mass is 263 g/mol. The maximum Gasteiger partial charge on any atom is 0.131 e. The lowest BCUT2D eigenvalue weighted by molar-refractivity contribution is 0.624. The van der Waals surface area contributed by atoms with E-state index < -0.39 is 0 Å². The van der Waals surface area contributed by atoms with Crippen LogP contribution in [0.25, 0.3) is 0 Å². The van der Waals surface area contributed by atoms with Crippen LogP contribution in [0.4, 0.5) is 10.2 Å². The molecule has 94 valence electrons. The minimum atomic E-state index is -0.256. The van der Waals surface area contributed by atoms with Crippen molar-refractivity contribution in [3.05, 3.63) is 42.0 Å². The van der Waals surface area contributed by atoms with Gasteiger partial charge in [0.25, 0.3) is 0 Å². The second kappa shape index (κ2) is 5.35. The molecule has 0 unspecified atom stereocenters. The van der Waals surface area contributed by atoms with Gasteiger partial charge < -0.3 is 5.73 Å². The third-order valence-corrected chi connectivity index (χ3v) is 3.47. The highest BCUT2D eigenvalue weighted by Gasteiger charge is 2.14. The zero-order valence-electron chi connectivity index (χ0n) is 10.2. The first-order chi connectivity index (χ1) is 8.58. The Morgan fingerprint density at radius 1 is 1.28 bits per heavy atom. The first kappa shape index (κ1) is 12.8. The molecule has 0 radical (unpaired) electrons. The summed E-state index contributed by atoms with van der Waals surface area (Å²) in [7, 11) is 0. The third-order valence-electron chi connectivity index (χ3n) is 2.47. The van der Waals surface area contributed by atoms with Crippen LogP contribution >= 0.6 is 11.8 Å². The Morgan fingerprint density at radius 2 is 2.06 bits per heavy atom. The molecule has 2 N–H and O–H groups in total. The van der Waals surface area contributed by atoms with Crippen LogP contribution in [-0.2, 0) is 0 Å². The van der Waals surface area contributed by atoms with E-state index in [1.807, 2.05) is 19.9 Å². The van der Waals surface area contributed by atoms with E-state index in [0.717, 1.165) is 15.5 Å². The van der Waals surface area contributed by atoms with Crippen LogP contribution in [0.2, 0.25) is 0 Å². The SMILES string of the molecule is CC(C)c1c(N)ncnc1Sc1cccc(F)c1. The molecule has 0 aliphatic carbocycles. The lowest BCUT2D eigenvalue weighted by Gasteiger charge is -2.12. The minimum absolute atomic E-state index is 0.224. The number of nitrogens with zero attached hydrogens (tertiary/aromatic N) is 2. The van der Waals surface area contributed by atoms with Gasteiger partial charge in [-0.25, -0.2) is 14.4 Å². The first-order valence-electron chi connectivity index (χ1n) is 5.61. The summed E-state index contributed by atoms with van der Waals surface area (Å²) in [4.78, 5) is 9.04. The fourth-order valence-corrected chi connectivity index (χ4v) is 2.75. The second-order valence-corrected chi connectivity index (χ2v) is 5.25. The molecule has 1 aromatic heterocycles. The topological polar surface area (TPSA) is 51.8 Å². The van der Waals surface area contributed by atoms with Crippen molar-refractivity contribution in [1.82, 2.24) is 9.97 Å². The van der Waals surface area contributed by atoms with Gasteiger partial charge in [-0.05, 0) is 24.1 Å². The molecule has 2 aromatic rings. The summed E-state index contributed by atoms with van der Waals surface area (Å²) < 4.78 is 13.1. The molecule has 2 rings (SSSR count). The van der Waals surface area contributed by atoms with Gasteiger partial charge in [0.2, 0.25) is 0 Å². The molecule has 0 aliphatic heterocycles. The van der Waals surface area contributed by atoms with E-state index >= 15 is 0 Å². The average Bonchev–Trinajstić information content (AvgIpc) is 2.28. The summed E-state index contributed by atoms with van der Waals surface area (Å²) in [5, 5.41) is 0.781. The van der Waals surface area contributed by atoms with E-state index in [1.54, 1.807) is 6.07 Å². The van der Waals surface area contributed by atoms with Gasteiger partial charge >= 0.3 is 0 Å². The van der Waals surface area contributed by atoms with Crippen molar-refractivity contribution in [2.75, 3.05) is 5.73 Å². The summed E-state index contributed by atoms with van der Waals surface area (Å²) >= 11 is 1.40. The summed E-state index contributed by atoms with van der Waals surface area (Å²) in [5.74, 6) is 0.453. The number of aromatic nitrogens is 2. The van der Waals surface area contributed by atoms with Gasteiger partial charge in [0.1, 0.15) is 23.0 Å². The van der Waals surface area contributed by atoms with Crippen LogP contribution in [0.15, 0.2) is 40.5 Å². The summed E-state index contributed by atoms with van der Waals surface area (Å²) in [6.45, 7) is 4.06. The smallest absolute Gasteiger partial charge is 0.131 e. The van der Waals surface area contributed by atoms with E-state index in [-0.39, 0.29) is 11.7 Å². The molecule has 0 amide bonds. The lowest BCUT2D eigenvalue weighted by atomic mass is 10.1. The molecule has 0 saturated carbocycles. The van der Waals surface area contributed by atoms with Crippen molar-refractivity contribution in [1.29, 1.82) is 0 Å². The number of benzene rings is 1. The van der Waals surface area contributed by atoms with Gasteiger partial charge in [-0.1, -0.05) is 31.7 Å². The van der Waals surface area contributed by atoms with E-state index in [9.17, 15) is 4.39 Å². The predicted molar refractivity (Wildman–Crippen MR) is 71.1 cm³/mol. The molecule has 1 heterocycles. The zero-order chi connectivity index (χ0) is 13.1. The van der Waals surface area contributed by atoms with Crippen molar-refractivity contribution in [3.63, 3.8) is 0 Å². The Morgan fingerprint density at radius 3 is 2.72 bits per heavy atom.